The number of aromatic nitrogens is 1. The topological polar surface area (TPSA) is 48.3 Å². The molecule has 0 aliphatic carbocycles. The average molecular weight is 432 g/mol. The van der Waals surface area contributed by atoms with Crippen molar-refractivity contribution in [3.63, 3.8) is 0 Å². The van der Waals surface area contributed by atoms with Gasteiger partial charge in [-0.05, 0) is 61.4 Å². The van der Waals surface area contributed by atoms with Crippen LogP contribution in [-0.4, -0.2) is 16.4 Å². The number of aryl methyl sites for hydroxylation is 1. The molecule has 0 atom stereocenters. The molecule has 0 radical (unpaired) electrons. The number of rotatable bonds is 5. The van der Waals surface area contributed by atoms with E-state index >= 15 is 0 Å². The van der Waals surface area contributed by atoms with Crippen LogP contribution in [0.5, 0.6) is 0 Å². The van der Waals surface area contributed by atoms with Crippen LogP contribution in [0.1, 0.15) is 32.7 Å². The van der Waals surface area contributed by atoms with E-state index in [2.05, 4.69) is 0 Å². The molecule has 156 valence electrons. The van der Waals surface area contributed by atoms with Crippen LogP contribution >= 0.6 is 11.6 Å². The number of halogens is 1. The highest BCUT2D eigenvalue weighted by Crippen LogP contribution is 2.29. The lowest BCUT2D eigenvalue weighted by molar-refractivity contribution is -0.144. The Morgan fingerprint density at radius 3 is 2.35 bits per heavy atom. The van der Waals surface area contributed by atoms with E-state index in [0.29, 0.717) is 10.6 Å². The Morgan fingerprint density at radius 2 is 1.65 bits per heavy atom. The van der Waals surface area contributed by atoms with E-state index in [9.17, 15) is 9.59 Å². The summed E-state index contributed by atoms with van der Waals surface area (Å²) in [6, 6.07) is 22.3. The molecule has 0 aliphatic heterocycles. The van der Waals surface area contributed by atoms with E-state index in [1.54, 1.807) is 28.8 Å². The zero-order valence-corrected chi connectivity index (χ0v) is 18.1. The number of hydrogen-bond donors (Lipinski definition) is 0. The highest BCUT2D eigenvalue weighted by atomic mass is 35.5. The van der Waals surface area contributed by atoms with Gasteiger partial charge in [-0.2, -0.15) is 0 Å². The van der Waals surface area contributed by atoms with Crippen molar-refractivity contribution >= 4 is 34.4 Å². The quantitative estimate of drug-likeness (QED) is 0.370. The van der Waals surface area contributed by atoms with Gasteiger partial charge >= 0.3 is 5.97 Å². The van der Waals surface area contributed by atoms with Gasteiger partial charge in [0.1, 0.15) is 6.61 Å². The van der Waals surface area contributed by atoms with Crippen molar-refractivity contribution in [3.05, 3.63) is 106 Å². The van der Waals surface area contributed by atoms with Crippen LogP contribution in [0.3, 0.4) is 0 Å². The average Bonchev–Trinajstić information content (AvgIpc) is 3.04. The van der Waals surface area contributed by atoms with Crippen LogP contribution in [0.2, 0.25) is 5.02 Å². The van der Waals surface area contributed by atoms with E-state index in [1.165, 1.54) is 0 Å². The van der Waals surface area contributed by atoms with Crippen molar-refractivity contribution in [1.82, 2.24) is 4.57 Å². The smallest absolute Gasteiger partial charge is 0.310 e. The van der Waals surface area contributed by atoms with Gasteiger partial charge in [0.05, 0.1) is 11.9 Å². The predicted octanol–water partition coefficient (Wildman–Crippen LogP) is 5.89. The maximum atomic E-state index is 13.3. The lowest BCUT2D eigenvalue weighted by Gasteiger charge is -2.08. The van der Waals surface area contributed by atoms with Crippen LogP contribution in [0.25, 0.3) is 10.9 Å². The first-order chi connectivity index (χ1) is 14.9. The van der Waals surface area contributed by atoms with Gasteiger partial charge in [-0.15, -0.1) is 0 Å². The first-order valence-electron chi connectivity index (χ1n) is 10.0. The molecule has 31 heavy (non-hydrogen) atoms. The summed E-state index contributed by atoms with van der Waals surface area (Å²) in [4.78, 5) is 25.9. The fraction of sp³-hybridized carbons (Fsp3) is 0.154. The minimum atomic E-state index is -0.327. The number of esters is 1. The van der Waals surface area contributed by atoms with Gasteiger partial charge in [0.25, 0.3) is 5.91 Å². The van der Waals surface area contributed by atoms with Crippen LogP contribution in [0.15, 0.2) is 72.8 Å². The fourth-order valence-electron chi connectivity index (χ4n) is 3.74. The number of carbonyl (C=O) groups is 2. The fourth-order valence-corrected chi connectivity index (χ4v) is 3.86. The zero-order chi connectivity index (χ0) is 22.0. The number of ether oxygens (including phenoxy) is 1. The second-order valence-corrected chi connectivity index (χ2v) is 7.99. The minimum Gasteiger partial charge on any atom is -0.461 e. The van der Waals surface area contributed by atoms with Crippen molar-refractivity contribution in [2.24, 2.45) is 0 Å². The molecular weight excluding hydrogens is 410 g/mol. The van der Waals surface area contributed by atoms with Gasteiger partial charge in [-0.25, -0.2) is 0 Å². The van der Waals surface area contributed by atoms with Crippen molar-refractivity contribution in [3.8, 4) is 0 Å². The molecule has 0 saturated carbocycles. The molecule has 0 aliphatic rings. The van der Waals surface area contributed by atoms with Crippen molar-refractivity contribution in [1.29, 1.82) is 0 Å². The Balaban J connectivity index is 1.67. The van der Waals surface area contributed by atoms with E-state index in [1.807, 2.05) is 62.4 Å². The molecule has 0 spiro atoms. The van der Waals surface area contributed by atoms with Crippen molar-refractivity contribution in [2.45, 2.75) is 26.9 Å². The van der Waals surface area contributed by atoms with E-state index in [0.717, 1.165) is 33.3 Å². The third kappa shape index (κ3) is 4.39. The Bertz CT molecular complexity index is 1260. The van der Waals surface area contributed by atoms with Gasteiger partial charge in [-0.3, -0.25) is 14.2 Å². The van der Waals surface area contributed by atoms with Gasteiger partial charge in [0, 0.05) is 21.7 Å². The summed E-state index contributed by atoms with van der Waals surface area (Å²) in [5.74, 6) is -0.488. The molecule has 4 aromatic rings. The maximum absolute atomic E-state index is 13.3. The van der Waals surface area contributed by atoms with Crippen molar-refractivity contribution in [2.75, 3.05) is 0 Å². The lowest BCUT2D eigenvalue weighted by atomic mass is 10.1. The molecule has 4 rings (SSSR count). The summed E-state index contributed by atoms with van der Waals surface area (Å²) in [5, 5.41) is 1.46. The standard InChI is InChI=1S/C26H22ClNO3/c1-17-8-13-24-23(14-17)22(15-25(29)31-16-19-6-4-3-5-7-19)18(2)28(24)26(30)20-9-11-21(27)12-10-20/h3-14H,15-16H2,1-2H3. The predicted molar refractivity (Wildman–Crippen MR) is 123 cm³/mol. The molecule has 0 bridgehead atoms. The monoisotopic (exact) mass is 431 g/mol. The third-order valence-corrected chi connectivity index (χ3v) is 5.60. The zero-order valence-electron chi connectivity index (χ0n) is 17.4. The summed E-state index contributed by atoms with van der Waals surface area (Å²) in [5.41, 5.74) is 4.83. The molecule has 0 saturated heterocycles. The SMILES string of the molecule is Cc1ccc2c(c1)c(CC(=O)OCc1ccccc1)c(C)n2C(=O)c1ccc(Cl)cc1. The Morgan fingerprint density at radius 1 is 0.935 bits per heavy atom. The molecule has 1 heterocycles. The number of benzene rings is 3. The normalized spacial score (nSPS) is 10.9. The number of fused-ring (bicyclic) bond motifs is 1. The van der Waals surface area contributed by atoms with Crippen LogP contribution < -0.4 is 0 Å². The number of hydrogen-bond acceptors (Lipinski definition) is 3. The van der Waals surface area contributed by atoms with Crippen LogP contribution in [0.4, 0.5) is 0 Å². The molecule has 0 unspecified atom stereocenters. The number of nitrogens with zero attached hydrogens (tertiary/aromatic N) is 1. The summed E-state index contributed by atoms with van der Waals surface area (Å²) in [6.07, 6.45) is 0.0967. The second-order valence-electron chi connectivity index (χ2n) is 7.56. The maximum Gasteiger partial charge on any atom is 0.310 e. The molecule has 3 aromatic carbocycles. The van der Waals surface area contributed by atoms with Gasteiger partial charge in [-0.1, -0.05) is 53.6 Å². The third-order valence-electron chi connectivity index (χ3n) is 5.35. The molecule has 5 heteroatoms. The summed E-state index contributed by atoms with van der Waals surface area (Å²) in [6.45, 7) is 4.08. The Hall–Kier alpha value is -3.37. The highest BCUT2D eigenvalue weighted by molar-refractivity contribution is 6.30. The highest BCUT2D eigenvalue weighted by Gasteiger charge is 2.22. The lowest BCUT2D eigenvalue weighted by Crippen LogP contribution is -2.14. The van der Waals surface area contributed by atoms with E-state index in [-0.39, 0.29) is 24.9 Å². The Kier molecular flexibility index (Phi) is 5.92. The van der Waals surface area contributed by atoms with Gasteiger partial charge in [0.15, 0.2) is 0 Å². The largest absolute Gasteiger partial charge is 0.461 e. The Labute approximate surface area is 186 Å². The molecule has 0 amide bonds. The second kappa shape index (κ2) is 8.78. The van der Waals surface area contributed by atoms with E-state index in [4.69, 9.17) is 16.3 Å². The minimum absolute atomic E-state index is 0.0967. The van der Waals surface area contributed by atoms with Gasteiger partial charge < -0.3 is 4.74 Å². The summed E-state index contributed by atoms with van der Waals surface area (Å²) < 4.78 is 7.15. The first-order valence-corrected chi connectivity index (χ1v) is 10.4. The molecule has 4 nitrogen and oxygen atoms in total. The molecule has 1 aromatic heterocycles. The first kappa shape index (κ1) is 20.9. The summed E-state index contributed by atoms with van der Waals surface area (Å²) in [7, 11) is 0. The molecular formula is C26H22ClNO3. The van der Waals surface area contributed by atoms with Crippen LogP contribution in [-0.2, 0) is 22.6 Å². The van der Waals surface area contributed by atoms with Gasteiger partial charge in [0.2, 0.25) is 0 Å². The number of carbonyl (C=O) groups excluding carboxylic acids is 2. The molecule has 0 fully saturated rings. The molecule has 0 N–H and O–H groups in total. The van der Waals surface area contributed by atoms with E-state index < -0.39 is 0 Å². The summed E-state index contributed by atoms with van der Waals surface area (Å²) >= 11 is 5.97. The van der Waals surface area contributed by atoms with Crippen molar-refractivity contribution < 1.29 is 14.3 Å². The van der Waals surface area contributed by atoms with Crippen LogP contribution in [0, 0.1) is 13.8 Å².